The van der Waals surface area contributed by atoms with Crippen LogP contribution in [0.25, 0.3) is 0 Å². The van der Waals surface area contributed by atoms with E-state index in [1.54, 1.807) is 30.3 Å². The molecule has 0 aliphatic heterocycles. The number of Topliss-reactive ketones (excluding diaryl/α,β-unsaturated/α-hetero) is 1. The minimum Gasteiger partial charge on any atom is -0.495 e. The van der Waals surface area contributed by atoms with Crippen LogP contribution in [0.2, 0.25) is 0 Å². The van der Waals surface area contributed by atoms with Crippen LogP contribution in [0, 0.1) is 21.4 Å². The summed E-state index contributed by atoms with van der Waals surface area (Å²) in [5.74, 6) is -0.486. The highest BCUT2D eigenvalue weighted by Gasteiger charge is 2.13. The van der Waals surface area contributed by atoms with E-state index in [4.69, 9.17) is 4.74 Å². The number of nitro benzene ring substituents is 1. The number of amides is 1. The maximum atomic E-state index is 12.3. The van der Waals surface area contributed by atoms with Gasteiger partial charge in [0, 0.05) is 29.6 Å². The molecule has 142 valence electrons. The first-order chi connectivity index (χ1) is 13.3. The van der Waals surface area contributed by atoms with Crippen LogP contribution < -0.4 is 15.4 Å². The molecule has 2 aromatic carbocycles. The Morgan fingerprint density at radius 3 is 2.43 bits per heavy atom. The summed E-state index contributed by atoms with van der Waals surface area (Å²) in [7, 11) is 1.39. The quantitative estimate of drug-likeness (QED) is 0.247. The van der Waals surface area contributed by atoms with Crippen molar-refractivity contribution in [2.75, 3.05) is 17.7 Å². The van der Waals surface area contributed by atoms with E-state index in [1.807, 2.05) is 0 Å². The number of nitro groups is 1. The number of benzene rings is 2. The van der Waals surface area contributed by atoms with Crippen LogP contribution in [0.15, 0.2) is 54.2 Å². The largest absolute Gasteiger partial charge is 0.495 e. The topological polar surface area (TPSA) is 134 Å². The van der Waals surface area contributed by atoms with Crippen LogP contribution in [-0.4, -0.2) is 23.7 Å². The average molecular weight is 380 g/mol. The lowest BCUT2D eigenvalue weighted by Gasteiger charge is -2.09. The molecular weight excluding hydrogens is 364 g/mol. The standard InChI is InChI=1S/C19H16N4O5/c1-12(24)13-3-5-15(6-4-13)22-19(25)14(10-20)11-21-17-9-16(23(26)27)7-8-18(17)28-2/h3-9,11,21H,1-2H3,(H,22,25)/b14-11-. The van der Waals surface area contributed by atoms with Crippen LogP contribution >= 0.6 is 0 Å². The second-order valence-electron chi connectivity index (χ2n) is 5.54. The zero-order valence-corrected chi connectivity index (χ0v) is 15.1. The van der Waals surface area contributed by atoms with Gasteiger partial charge in [0.2, 0.25) is 0 Å². The van der Waals surface area contributed by atoms with Gasteiger partial charge in [0.1, 0.15) is 17.4 Å². The van der Waals surface area contributed by atoms with Gasteiger partial charge in [-0.3, -0.25) is 19.7 Å². The first-order valence-electron chi connectivity index (χ1n) is 7.97. The van der Waals surface area contributed by atoms with Gasteiger partial charge in [-0.1, -0.05) is 0 Å². The number of hydrogen-bond acceptors (Lipinski definition) is 7. The number of non-ortho nitro benzene ring substituents is 1. The van der Waals surface area contributed by atoms with Gasteiger partial charge in [-0.15, -0.1) is 0 Å². The van der Waals surface area contributed by atoms with E-state index in [0.29, 0.717) is 17.0 Å². The second-order valence-corrected chi connectivity index (χ2v) is 5.54. The second kappa shape index (κ2) is 8.95. The van der Waals surface area contributed by atoms with Crippen molar-refractivity contribution in [3.63, 3.8) is 0 Å². The molecule has 28 heavy (non-hydrogen) atoms. The molecule has 0 heterocycles. The number of hydrogen-bond donors (Lipinski definition) is 2. The Bertz CT molecular complexity index is 990. The molecule has 0 radical (unpaired) electrons. The maximum absolute atomic E-state index is 12.3. The minimum absolute atomic E-state index is 0.106. The first kappa shape index (κ1) is 20.1. The summed E-state index contributed by atoms with van der Waals surface area (Å²) in [6.07, 6.45) is 1.13. The van der Waals surface area contributed by atoms with Crippen LogP contribution in [-0.2, 0) is 4.79 Å². The number of nitriles is 1. The lowest BCUT2D eigenvalue weighted by molar-refractivity contribution is -0.384. The molecule has 0 aromatic heterocycles. The summed E-state index contributed by atoms with van der Waals surface area (Å²) >= 11 is 0. The summed E-state index contributed by atoms with van der Waals surface area (Å²) in [5, 5.41) is 25.4. The molecular formula is C19H16N4O5. The molecule has 0 saturated heterocycles. The minimum atomic E-state index is -0.685. The smallest absolute Gasteiger partial charge is 0.271 e. The molecule has 0 aliphatic rings. The van der Waals surface area contributed by atoms with Crippen LogP contribution in [0.4, 0.5) is 17.1 Å². The van der Waals surface area contributed by atoms with Crippen molar-refractivity contribution in [1.29, 1.82) is 5.26 Å². The molecule has 0 unspecified atom stereocenters. The number of nitrogens with one attached hydrogen (secondary N) is 2. The Kier molecular flexibility index (Phi) is 6.44. The molecule has 0 fully saturated rings. The van der Waals surface area contributed by atoms with Crippen molar-refractivity contribution < 1.29 is 19.2 Å². The van der Waals surface area contributed by atoms with E-state index in [2.05, 4.69) is 10.6 Å². The van der Waals surface area contributed by atoms with E-state index < -0.39 is 10.8 Å². The lowest BCUT2D eigenvalue weighted by Crippen LogP contribution is -2.14. The highest BCUT2D eigenvalue weighted by atomic mass is 16.6. The third-order valence-electron chi connectivity index (χ3n) is 3.68. The first-order valence-corrected chi connectivity index (χ1v) is 7.97. The fourth-order valence-electron chi connectivity index (χ4n) is 2.21. The number of ether oxygens (including phenoxy) is 1. The number of ketones is 1. The monoisotopic (exact) mass is 380 g/mol. The molecule has 1 amide bonds. The Balaban J connectivity index is 2.18. The number of anilines is 2. The van der Waals surface area contributed by atoms with Crippen molar-refractivity contribution in [2.45, 2.75) is 6.92 Å². The average Bonchev–Trinajstić information content (AvgIpc) is 2.68. The van der Waals surface area contributed by atoms with Gasteiger partial charge in [-0.2, -0.15) is 5.26 Å². The van der Waals surface area contributed by atoms with Gasteiger partial charge < -0.3 is 15.4 Å². The van der Waals surface area contributed by atoms with E-state index in [-0.39, 0.29) is 22.7 Å². The number of nitrogens with zero attached hydrogens (tertiary/aromatic N) is 2. The highest BCUT2D eigenvalue weighted by Crippen LogP contribution is 2.29. The molecule has 9 nitrogen and oxygen atoms in total. The molecule has 0 saturated carbocycles. The maximum Gasteiger partial charge on any atom is 0.271 e. The molecule has 2 aromatic rings. The Morgan fingerprint density at radius 2 is 1.89 bits per heavy atom. The van der Waals surface area contributed by atoms with Gasteiger partial charge in [-0.25, -0.2) is 0 Å². The summed E-state index contributed by atoms with van der Waals surface area (Å²) < 4.78 is 5.11. The number of carbonyl (C=O) groups excluding carboxylic acids is 2. The van der Waals surface area contributed by atoms with Crippen molar-refractivity contribution in [2.24, 2.45) is 0 Å². The van der Waals surface area contributed by atoms with Crippen molar-refractivity contribution in [3.05, 3.63) is 69.9 Å². The summed E-state index contributed by atoms with van der Waals surface area (Å²) in [5.41, 5.74) is 0.690. The van der Waals surface area contributed by atoms with Crippen molar-refractivity contribution in [3.8, 4) is 11.8 Å². The normalized spacial score (nSPS) is 10.5. The zero-order valence-electron chi connectivity index (χ0n) is 15.1. The Morgan fingerprint density at radius 1 is 1.21 bits per heavy atom. The molecule has 0 atom stereocenters. The Hall–Kier alpha value is -4.19. The van der Waals surface area contributed by atoms with Crippen LogP contribution in [0.3, 0.4) is 0 Å². The summed E-state index contributed by atoms with van der Waals surface area (Å²) in [6.45, 7) is 1.43. The van der Waals surface area contributed by atoms with Gasteiger partial charge in [0.15, 0.2) is 5.78 Å². The number of rotatable bonds is 7. The number of carbonyl (C=O) groups is 2. The fourth-order valence-corrected chi connectivity index (χ4v) is 2.21. The van der Waals surface area contributed by atoms with Crippen molar-refractivity contribution >= 4 is 28.8 Å². The lowest BCUT2D eigenvalue weighted by atomic mass is 10.1. The van der Waals surface area contributed by atoms with Gasteiger partial charge in [0.25, 0.3) is 11.6 Å². The van der Waals surface area contributed by atoms with E-state index in [0.717, 1.165) is 6.20 Å². The third-order valence-corrected chi connectivity index (χ3v) is 3.68. The fraction of sp³-hybridized carbons (Fsp3) is 0.105. The van der Waals surface area contributed by atoms with Crippen molar-refractivity contribution in [1.82, 2.24) is 0 Å². The predicted octanol–water partition coefficient (Wildman–Crippen LogP) is 3.26. The van der Waals surface area contributed by atoms with E-state index in [1.165, 1.54) is 32.2 Å². The van der Waals surface area contributed by atoms with Gasteiger partial charge >= 0.3 is 0 Å². The summed E-state index contributed by atoms with van der Waals surface area (Å²) in [4.78, 5) is 33.9. The van der Waals surface area contributed by atoms with Gasteiger partial charge in [0.05, 0.1) is 17.7 Å². The molecule has 2 N–H and O–H groups in total. The summed E-state index contributed by atoms with van der Waals surface area (Å²) in [6, 6.07) is 11.8. The SMILES string of the molecule is COc1ccc([N+](=O)[O-])cc1N/C=C(/C#N)C(=O)Nc1ccc(C(C)=O)cc1. The van der Waals surface area contributed by atoms with Crippen LogP contribution in [0.1, 0.15) is 17.3 Å². The molecule has 9 heteroatoms. The molecule has 0 bridgehead atoms. The van der Waals surface area contributed by atoms with E-state index in [9.17, 15) is 25.0 Å². The number of methoxy groups -OCH3 is 1. The molecule has 2 rings (SSSR count). The third kappa shape index (κ3) is 4.92. The predicted molar refractivity (Wildman–Crippen MR) is 102 cm³/mol. The highest BCUT2D eigenvalue weighted by molar-refractivity contribution is 6.07. The zero-order chi connectivity index (χ0) is 20.7. The molecule has 0 aliphatic carbocycles. The van der Waals surface area contributed by atoms with E-state index >= 15 is 0 Å². The van der Waals surface area contributed by atoms with Crippen LogP contribution in [0.5, 0.6) is 5.75 Å². The molecule has 0 spiro atoms. The Labute approximate surface area is 160 Å². The van der Waals surface area contributed by atoms with Gasteiger partial charge in [-0.05, 0) is 37.3 Å².